The number of benzene rings is 1. The molecule has 1 amide bonds. The second-order valence-electron chi connectivity index (χ2n) is 5.17. The zero-order chi connectivity index (χ0) is 17.4. The standard InChI is InChI=1S/C17H24N4O2S/c1-4-21(5-2)11-10-18-16(22)15-12-24-17(20-15)19-13-6-8-14(23-3)9-7-13/h6-9,12H,4-5,10-11H2,1-3H3,(H,18,22)(H,19,20). The molecule has 0 saturated heterocycles. The van der Waals surface area contributed by atoms with Crippen LogP contribution in [0.4, 0.5) is 10.8 Å². The summed E-state index contributed by atoms with van der Waals surface area (Å²) in [6.07, 6.45) is 0. The van der Waals surface area contributed by atoms with Crippen LogP contribution in [-0.2, 0) is 0 Å². The average molecular weight is 348 g/mol. The summed E-state index contributed by atoms with van der Waals surface area (Å²) in [6, 6.07) is 7.56. The highest BCUT2D eigenvalue weighted by Crippen LogP contribution is 2.22. The molecule has 7 heteroatoms. The number of methoxy groups -OCH3 is 1. The molecule has 0 radical (unpaired) electrons. The first-order chi connectivity index (χ1) is 11.7. The smallest absolute Gasteiger partial charge is 0.270 e. The van der Waals surface area contributed by atoms with Crippen molar-refractivity contribution in [2.45, 2.75) is 13.8 Å². The third kappa shape index (κ3) is 5.21. The van der Waals surface area contributed by atoms with Crippen molar-refractivity contribution >= 4 is 28.1 Å². The predicted molar refractivity (Wildman–Crippen MR) is 98.5 cm³/mol. The van der Waals surface area contributed by atoms with Crippen LogP contribution in [0, 0.1) is 0 Å². The molecule has 6 nitrogen and oxygen atoms in total. The maximum Gasteiger partial charge on any atom is 0.270 e. The summed E-state index contributed by atoms with van der Waals surface area (Å²) in [6.45, 7) is 7.67. The van der Waals surface area contributed by atoms with Crippen molar-refractivity contribution in [3.05, 3.63) is 35.3 Å². The van der Waals surface area contributed by atoms with Gasteiger partial charge in [-0.1, -0.05) is 13.8 Å². The van der Waals surface area contributed by atoms with Crippen molar-refractivity contribution in [3.63, 3.8) is 0 Å². The summed E-state index contributed by atoms with van der Waals surface area (Å²) < 4.78 is 5.13. The first-order valence-electron chi connectivity index (χ1n) is 8.03. The van der Waals surface area contributed by atoms with Crippen molar-refractivity contribution in [2.24, 2.45) is 0 Å². The fourth-order valence-electron chi connectivity index (χ4n) is 2.19. The largest absolute Gasteiger partial charge is 0.497 e. The first-order valence-corrected chi connectivity index (χ1v) is 8.91. The molecule has 0 aliphatic heterocycles. The second-order valence-corrected chi connectivity index (χ2v) is 6.03. The van der Waals surface area contributed by atoms with Gasteiger partial charge in [-0.3, -0.25) is 4.79 Å². The Kier molecular flexibility index (Phi) is 7.02. The number of likely N-dealkylation sites (N-methyl/N-ethyl adjacent to an activating group) is 1. The zero-order valence-corrected chi connectivity index (χ0v) is 15.2. The number of amides is 1. The number of hydrogen-bond donors (Lipinski definition) is 2. The molecule has 0 saturated carbocycles. The monoisotopic (exact) mass is 348 g/mol. The van der Waals surface area contributed by atoms with Crippen LogP contribution >= 0.6 is 11.3 Å². The Morgan fingerprint density at radius 1 is 1.25 bits per heavy atom. The molecule has 24 heavy (non-hydrogen) atoms. The Morgan fingerprint density at radius 2 is 1.96 bits per heavy atom. The van der Waals surface area contributed by atoms with Gasteiger partial charge in [0.15, 0.2) is 5.13 Å². The molecule has 1 aromatic heterocycles. The summed E-state index contributed by atoms with van der Waals surface area (Å²) in [5, 5.41) is 8.55. The Labute approximate surface area is 146 Å². The molecule has 2 aromatic rings. The van der Waals surface area contributed by atoms with Crippen molar-refractivity contribution in [1.82, 2.24) is 15.2 Å². The van der Waals surface area contributed by atoms with E-state index in [1.807, 2.05) is 24.3 Å². The van der Waals surface area contributed by atoms with Crippen LogP contribution in [0.5, 0.6) is 5.75 Å². The fraction of sp³-hybridized carbons (Fsp3) is 0.412. The van der Waals surface area contributed by atoms with E-state index in [2.05, 4.69) is 34.4 Å². The summed E-state index contributed by atoms with van der Waals surface area (Å²) in [7, 11) is 1.63. The number of aromatic nitrogens is 1. The first kappa shape index (κ1) is 18.2. The fourth-order valence-corrected chi connectivity index (χ4v) is 2.90. The van der Waals surface area contributed by atoms with Crippen LogP contribution in [0.15, 0.2) is 29.6 Å². The number of ether oxygens (including phenoxy) is 1. The van der Waals surface area contributed by atoms with Gasteiger partial charge in [0.2, 0.25) is 0 Å². The Hall–Kier alpha value is -2.12. The molecule has 0 aliphatic carbocycles. The predicted octanol–water partition coefficient (Wildman–Crippen LogP) is 2.97. The van der Waals surface area contributed by atoms with Gasteiger partial charge in [-0.15, -0.1) is 11.3 Å². The molecular weight excluding hydrogens is 324 g/mol. The van der Waals surface area contributed by atoms with Crippen LogP contribution in [-0.4, -0.2) is 49.1 Å². The van der Waals surface area contributed by atoms with Gasteiger partial charge in [0.25, 0.3) is 5.91 Å². The summed E-state index contributed by atoms with van der Waals surface area (Å²) in [4.78, 5) is 18.7. The number of nitrogens with zero attached hydrogens (tertiary/aromatic N) is 2. The van der Waals surface area contributed by atoms with E-state index in [4.69, 9.17) is 4.74 Å². The highest BCUT2D eigenvalue weighted by Gasteiger charge is 2.11. The third-order valence-corrected chi connectivity index (χ3v) is 4.44. The van der Waals surface area contributed by atoms with E-state index in [0.29, 0.717) is 17.4 Å². The molecule has 0 unspecified atom stereocenters. The minimum Gasteiger partial charge on any atom is -0.497 e. The van der Waals surface area contributed by atoms with Crippen LogP contribution in [0.1, 0.15) is 24.3 Å². The highest BCUT2D eigenvalue weighted by atomic mass is 32.1. The van der Waals surface area contributed by atoms with Gasteiger partial charge in [0.1, 0.15) is 11.4 Å². The molecular formula is C17H24N4O2S. The molecule has 0 bridgehead atoms. The molecule has 0 aliphatic rings. The topological polar surface area (TPSA) is 66.5 Å². The van der Waals surface area contributed by atoms with Gasteiger partial charge in [-0.2, -0.15) is 0 Å². The lowest BCUT2D eigenvalue weighted by molar-refractivity contribution is 0.0944. The molecule has 1 heterocycles. The van der Waals surface area contributed by atoms with Gasteiger partial charge in [0.05, 0.1) is 7.11 Å². The Bertz CT molecular complexity index is 638. The van der Waals surface area contributed by atoms with E-state index in [-0.39, 0.29) is 5.91 Å². The van der Waals surface area contributed by atoms with Crippen LogP contribution in [0.3, 0.4) is 0 Å². The molecule has 1 aromatic carbocycles. The van der Waals surface area contributed by atoms with Crippen LogP contribution < -0.4 is 15.4 Å². The van der Waals surface area contributed by atoms with E-state index in [9.17, 15) is 4.79 Å². The maximum absolute atomic E-state index is 12.1. The van der Waals surface area contributed by atoms with Gasteiger partial charge in [-0.05, 0) is 37.4 Å². The van der Waals surface area contributed by atoms with E-state index in [1.54, 1.807) is 12.5 Å². The summed E-state index contributed by atoms with van der Waals surface area (Å²) in [5.41, 5.74) is 1.34. The average Bonchev–Trinajstić information content (AvgIpc) is 3.08. The molecule has 0 spiro atoms. The number of carbonyl (C=O) groups is 1. The zero-order valence-electron chi connectivity index (χ0n) is 14.3. The normalized spacial score (nSPS) is 10.7. The number of carbonyl (C=O) groups excluding carboxylic acids is 1. The van der Waals surface area contributed by atoms with Crippen molar-refractivity contribution in [2.75, 3.05) is 38.6 Å². The number of thiazole rings is 1. The van der Waals surface area contributed by atoms with Gasteiger partial charge < -0.3 is 20.3 Å². The number of nitrogens with one attached hydrogen (secondary N) is 2. The number of hydrogen-bond acceptors (Lipinski definition) is 6. The minimum atomic E-state index is -0.138. The summed E-state index contributed by atoms with van der Waals surface area (Å²) >= 11 is 1.41. The van der Waals surface area contributed by atoms with Crippen molar-refractivity contribution in [1.29, 1.82) is 0 Å². The van der Waals surface area contributed by atoms with Crippen LogP contribution in [0.25, 0.3) is 0 Å². The number of rotatable bonds is 9. The van der Waals surface area contributed by atoms with E-state index in [0.717, 1.165) is 31.1 Å². The van der Waals surface area contributed by atoms with Crippen molar-refractivity contribution in [3.8, 4) is 5.75 Å². The van der Waals surface area contributed by atoms with E-state index in [1.165, 1.54) is 11.3 Å². The third-order valence-electron chi connectivity index (χ3n) is 3.69. The Morgan fingerprint density at radius 3 is 2.58 bits per heavy atom. The Balaban J connectivity index is 1.86. The molecule has 0 fully saturated rings. The lowest BCUT2D eigenvalue weighted by atomic mass is 10.3. The molecule has 130 valence electrons. The van der Waals surface area contributed by atoms with Crippen LogP contribution in [0.2, 0.25) is 0 Å². The number of anilines is 2. The second kappa shape index (κ2) is 9.24. The van der Waals surface area contributed by atoms with E-state index >= 15 is 0 Å². The van der Waals surface area contributed by atoms with Gasteiger partial charge >= 0.3 is 0 Å². The molecule has 2 rings (SSSR count). The van der Waals surface area contributed by atoms with Crippen molar-refractivity contribution < 1.29 is 9.53 Å². The lowest BCUT2D eigenvalue weighted by Gasteiger charge is -2.17. The highest BCUT2D eigenvalue weighted by molar-refractivity contribution is 7.14. The summed E-state index contributed by atoms with van der Waals surface area (Å²) in [5.74, 6) is 0.661. The molecule has 2 N–H and O–H groups in total. The van der Waals surface area contributed by atoms with Gasteiger partial charge in [0, 0.05) is 24.2 Å². The minimum absolute atomic E-state index is 0.138. The van der Waals surface area contributed by atoms with E-state index < -0.39 is 0 Å². The lowest BCUT2D eigenvalue weighted by Crippen LogP contribution is -2.34. The quantitative estimate of drug-likeness (QED) is 0.729. The molecule has 0 atom stereocenters. The maximum atomic E-state index is 12.1. The van der Waals surface area contributed by atoms with Gasteiger partial charge in [-0.25, -0.2) is 4.98 Å². The SMILES string of the molecule is CCN(CC)CCNC(=O)c1csc(Nc2ccc(OC)cc2)n1.